The summed E-state index contributed by atoms with van der Waals surface area (Å²) in [4.78, 5) is 14.7. The number of carbonyl (C=O) groups is 1. The highest BCUT2D eigenvalue weighted by Gasteiger charge is 2.09. The summed E-state index contributed by atoms with van der Waals surface area (Å²) in [6.07, 6.45) is 0.0889. The Morgan fingerprint density at radius 2 is 2.19 bits per heavy atom. The molecule has 16 heavy (non-hydrogen) atoms. The third-order valence-electron chi connectivity index (χ3n) is 1.69. The van der Waals surface area contributed by atoms with Crippen molar-refractivity contribution in [3.8, 4) is 0 Å². The maximum atomic E-state index is 12.7. The lowest BCUT2D eigenvalue weighted by Gasteiger charge is -2.07. The number of hydrogen-bond acceptors (Lipinski definition) is 4. The summed E-state index contributed by atoms with van der Waals surface area (Å²) in [5, 5.41) is 0. The Morgan fingerprint density at radius 1 is 1.44 bits per heavy atom. The molecule has 4 nitrogen and oxygen atoms in total. The molecule has 0 saturated carbocycles. The van der Waals surface area contributed by atoms with Crippen molar-refractivity contribution < 1.29 is 18.7 Å². The minimum Gasteiger partial charge on any atom is -0.459 e. The van der Waals surface area contributed by atoms with E-state index < -0.39 is 11.9 Å². The highest BCUT2D eigenvalue weighted by atomic mass is 19.1. The minimum absolute atomic E-state index is 0.0375. The van der Waals surface area contributed by atoms with Crippen LogP contribution in [0.2, 0.25) is 0 Å². The van der Waals surface area contributed by atoms with E-state index in [1.54, 1.807) is 0 Å². The van der Waals surface area contributed by atoms with Gasteiger partial charge in [-0.2, -0.15) is 4.39 Å². The van der Waals surface area contributed by atoms with Gasteiger partial charge in [-0.1, -0.05) is 6.07 Å². The van der Waals surface area contributed by atoms with E-state index in [0.29, 0.717) is 6.61 Å². The number of ether oxygens (including phenoxy) is 2. The van der Waals surface area contributed by atoms with Crippen LogP contribution in [0.15, 0.2) is 18.2 Å². The van der Waals surface area contributed by atoms with Crippen molar-refractivity contribution in [3.05, 3.63) is 29.8 Å². The fourth-order valence-electron chi connectivity index (χ4n) is 1.01. The first-order valence-electron chi connectivity index (χ1n) is 5.01. The van der Waals surface area contributed by atoms with E-state index in [2.05, 4.69) is 4.98 Å². The Bertz CT molecular complexity index is 355. The zero-order valence-electron chi connectivity index (χ0n) is 9.27. The molecule has 0 aromatic carbocycles. The summed E-state index contributed by atoms with van der Waals surface area (Å²) < 4.78 is 22.7. The van der Waals surface area contributed by atoms with Gasteiger partial charge < -0.3 is 9.47 Å². The van der Waals surface area contributed by atoms with Gasteiger partial charge in [0.05, 0.1) is 12.7 Å². The van der Waals surface area contributed by atoms with Gasteiger partial charge in [-0.15, -0.1) is 0 Å². The van der Waals surface area contributed by atoms with Crippen molar-refractivity contribution in [1.82, 2.24) is 4.98 Å². The molecule has 0 amide bonds. The van der Waals surface area contributed by atoms with Gasteiger partial charge in [-0.25, -0.2) is 9.78 Å². The second-order valence-electron chi connectivity index (χ2n) is 3.40. The number of aromatic nitrogens is 1. The fourth-order valence-corrected chi connectivity index (χ4v) is 1.01. The van der Waals surface area contributed by atoms with Crippen LogP contribution in [0.25, 0.3) is 0 Å². The predicted octanol–water partition coefficient (Wildman–Crippen LogP) is 1.80. The summed E-state index contributed by atoms with van der Waals surface area (Å²) in [6, 6.07) is 3.97. The maximum absolute atomic E-state index is 12.7. The first-order valence-corrected chi connectivity index (χ1v) is 5.01. The van der Waals surface area contributed by atoms with Gasteiger partial charge in [0.25, 0.3) is 0 Å². The quantitative estimate of drug-likeness (QED) is 0.437. The summed E-state index contributed by atoms with van der Waals surface area (Å²) >= 11 is 0. The van der Waals surface area contributed by atoms with Gasteiger partial charge in [-0.05, 0) is 26.0 Å². The first kappa shape index (κ1) is 12.6. The molecule has 1 heterocycles. The molecule has 0 fully saturated rings. The van der Waals surface area contributed by atoms with E-state index in [4.69, 9.17) is 9.47 Å². The van der Waals surface area contributed by atoms with Gasteiger partial charge in [-0.3, -0.25) is 0 Å². The Balaban J connectivity index is 2.35. The summed E-state index contributed by atoms with van der Waals surface area (Å²) in [7, 11) is 0. The smallest absolute Gasteiger partial charge is 0.357 e. The molecule has 0 aliphatic rings. The van der Waals surface area contributed by atoms with Gasteiger partial charge in [0, 0.05) is 0 Å². The van der Waals surface area contributed by atoms with Gasteiger partial charge >= 0.3 is 5.97 Å². The number of nitrogens with zero attached hydrogens (tertiary/aromatic N) is 1. The SMILES string of the molecule is CC(C)OCCOC(=O)c1cccc(F)n1. The maximum Gasteiger partial charge on any atom is 0.357 e. The molecule has 0 saturated heterocycles. The van der Waals surface area contributed by atoms with Crippen LogP contribution in [0.3, 0.4) is 0 Å². The second kappa shape index (κ2) is 6.17. The van der Waals surface area contributed by atoms with Gasteiger partial charge in [0.1, 0.15) is 6.61 Å². The molecule has 0 aliphatic carbocycles. The van der Waals surface area contributed by atoms with Crippen LogP contribution in [0, 0.1) is 5.95 Å². The monoisotopic (exact) mass is 227 g/mol. The average Bonchev–Trinajstić information content (AvgIpc) is 2.24. The molecule has 88 valence electrons. The zero-order valence-corrected chi connectivity index (χ0v) is 9.27. The third kappa shape index (κ3) is 4.35. The van der Waals surface area contributed by atoms with Crippen LogP contribution >= 0.6 is 0 Å². The summed E-state index contributed by atoms with van der Waals surface area (Å²) in [5.74, 6) is -1.35. The predicted molar refractivity (Wildman–Crippen MR) is 55.6 cm³/mol. The molecule has 0 aliphatic heterocycles. The number of hydrogen-bond donors (Lipinski definition) is 0. The molecule has 1 rings (SSSR count). The fraction of sp³-hybridized carbons (Fsp3) is 0.455. The third-order valence-corrected chi connectivity index (χ3v) is 1.69. The van der Waals surface area contributed by atoms with E-state index in [1.807, 2.05) is 13.8 Å². The van der Waals surface area contributed by atoms with E-state index in [0.717, 1.165) is 0 Å². The molecule has 0 bridgehead atoms. The van der Waals surface area contributed by atoms with Crippen molar-refractivity contribution in [1.29, 1.82) is 0 Å². The number of carbonyl (C=O) groups excluding carboxylic acids is 1. The molecule has 0 spiro atoms. The van der Waals surface area contributed by atoms with Crippen LogP contribution in [0.5, 0.6) is 0 Å². The topological polar surface area (TPSA) is 48.4 Å². The number of halogens is 1. The van der Waals surface area contributed by atoms with Crippen LogP contribution in [-0.2, 0) is 9.47 Å². The number of esters is 1. The summed E-state index contributed by atoms with van der Waals surface area (Å²) in [5.41, 5.74) is -0.0375. The first-order chi connectivity index (χ1) is 7.59. The molecule has 0 N–H and O–H groups in total. The largest absolute Gasteiger partial charge is 0.459 e. The van der Waals surface area contributed by atoms with Crippen LogP contribution in [0.4, 0.5) is 4.39 Å². The molecular weight excluding hydrogens is 213 g/mol. The van der Waals surface area contributed by atoms with Crippen LogP contribution < -0.4 is 0 Å². The average molecular weight is 227 g/mol. The van der Waals surface area contributed by atoms with Crippen molar-refractivity contribution in [2.75, 3.05) is 13.2 Å². The van der Waals surface area contributed by atoms with E-state index in [1.165, 1.54) is 18.2 Å². The molecular formula is C11H14FNO3. The van der Waals surface area contributed by atoms with Crippen LogP contribution in [0.1, 0.15) is 24.3 Å². The molecule has 0 radical (unpaired) electrons. The van der Waals surface area contributed by atoms with Crippen molar-refractivity contribution in [2.24, 2.45) is 0 Å². The van der Waals surface area contributed by atoms with E-state index in [-0.39, 0.29) is 18.4 Å². The molecule has 0 atom stereocenters. The number of pyridine rings is 1. The van der Waals surface area contributed by atoms with Crippen molar-refractivity contribution in [3.63, 3.8) is 0 Å². The highest BCUT2D eigenvalue weighted by Crippen LogP contribution is 2.00. The lowest BCUT2D eigenvalue weighted by atomic mass is 10.3. The molecule has 0 unspecified atom stereocenters. The van der Waals surface area contributed by atoms with Gasteiger partial charge in [0.15, 0.2) is 5.69 Å². The Kier molecular flexibility index (Phi) is 4.85. The van der Waals surface area contributed by atoms with Crippen LogP contribution in [-0.4, -0.2) is 30.3 Å². The van der Waals surface area contributed by atoms with E-state index in [9.17, 15) is 9.18 Å². The lowest BCUT2D eigenvalue weighted by Crippen LogP contribution is -2.14. The standard InChI is InChI=1S/C11H14FNO3/c1-8(2)15-6-7-16-11(14)9-4-3-5-10(12)13-9/h3-5,8H,6-7H2,1-2H3. The zero-order chi connectivity index (χ0) is 12.0. The Morgan fingerprint density at radius 3 is 2.81 bits per heavy atom. The van der Waals surface area contributed by atoms with Crippen molar-refractivity contribution in [2.45, 2.75) is 20.0 Å². The minimum atomic E-state index is -0.701. The Hall–Kier alpha value is -1.49. The lowest BCUT2D eigenvalue weighted by molar-refractivity contribution is 0.0172. The molecule has 1 aromatic heterocycles. The molecule has 1 aromatic rings. The normalized spacial score (nSPS) is 10.5. The Labute approximate surface area is 93.4 Å². The molecule has 5 heteroatoms. The van der Waals surface area contributed by atoms with Crippen molar-refractivity contribution >= 4 is 5.97 Å². The summed E-state index contributed by atoms with van der Waals surface area (Å²) in [6.45, 7) is 4.22. The number of rotatable bonds is 5. The van der Waals surface area contributed by atoms with E-state index >= 15 is 0 Å². The highest BCUT2D eigenvalue weighted by molar-refractivity contribution is 5.87. The van der Waals surface area contributed by atoms with Gasteiger partial charge in [0.2, 0.25) is 5.95 Å². The second-order valence-corrected chi connectivity index (χ2v) is 3.40.